The van der Waals surface area contributed by atoms with Crippen LogP contribution in [0.5, 0.6) is 28.7 Å². The molecule has 4 rings (SSSR count). The smallest absolute Gasteiger partial charge is 0.306 e. The molecule has 0 aromatic heterocycles. The summed E-state index contributed by atoms with van der Waals surface area (Å²) in [6.07, 6.45) is 1.81. The number of benzene rings is 4. The third kappa shape index (κ3) is 7.63. The van der Waals surface area contributed by atoms with E-state index in [0.717, 1.165) is 18.1 Å². The average Bonchev–Trinajstić information content (AvgIpc) is 2.91. The predicted octanol–water partition coefficient (Wildman–Crippen LogP) is 5.95. The highest BCUT2D eigenvalue weighted by molar-refractivity contribution is 7.86. The summed E-state index contributed by atoms with van der Waals surface area (Å²) in [5.74, 6) is 0.190. The first kappa shape index (κ1) is 30.0. The fourth-order valence-electron chi connectivity index (χ4n) is 4.07. The molecule has 216 valence electrons. The van der Waals surface area contributed by atoms with Crippen LogP contribution < -0.4 is 22.6 Å². The summed E-state index contributed by atoms with van der Waals surface area (Å²) < 4.78 is 77.0. The molecule has 41 heavy (non-hydrogen) atoms. The number of rotatable bonds is 11. The Kier molecular flexibility index (Phi) is 9.01. The van der Waals surface area contributed by atoms with Crippen molar-refractivity contribution in [3.63, 3.8) is 0 Å². The number of halogens is 1. The summed E-state index contributed by atoms with van der Waals surface area (Å²) in [6.45, 7) is 0.148. The molecule has 9 nitrogen and oxygen atoms in total. The quantitative estimate of drug-likeness (QED) is 0.188. The number of ether oxygens (including phenoxy) is 3. The van der Waals surface area contributed by atoms with Gasteiger partial charge in [0.1, 0.15) is 12.4 Å². The summed E-state index contributed by atoms with van der Waals surface area (Å²) in [5.41, 5.74) is 2.47. The molecule has 0 heterocycles. The van der Waals surface area contributed by atoms with Gasteiger partial charge < -0.3 is 22.6 Å². The predicted molar refractivity (Wildman–Crippen MR) is 157 cm³/mol. The Labute approximate surface area is 244 Å². The summed E-state index contributed by atoms with van der Waals surface area (Å²) >= 11 is 6.06. The van der Waals surface area contributed by atoms with Gasteiger partial charge in [-0.3, -0.25) is 0 Å². The van der Waals surface area contributed by atoms with E-state index >= 15 is 0 Å². The van der Waals surface area contributed by atoms with Crippen molar-refractivity contribution in [3.05, 3.63) is 89.4 Å². The third-order valence-corrected chi connectivity index (χ3v) is 6.93. The normalized spacial score (nSPS) is 11.5. The van der Waals surface area contributed by atoms with Crippen LogP contribution in [0, 0.1) is 0 Å². The van der Waals surface area contributed by atoms with Crippen molar-refractivity contribution in [2.75, 3.05) is 26.7 Å². The maximum absolute atomic E-state index is 12.4. The van der Waals surface area contributed by atoms with Crippen molar-refractivity contribution in [2.45, 2.75) is 6.61 Å². The van der Waals surface area contributed by atoms with Crippen molar-refractivity contribution in [1.29, 1.82) is 0 Å². The van der Waals surface area contributed by atoms with Crippen LogP contribution in [-0.2, 0) is 26.8 Å². The van der Waals surface area contributed by atoms with Crippen LogP contribution in [0.25, 0.3) is 22.3 Å². The minimum atomic E-state index is -4.07. The second-order valence-corrected chi connectivity index (χ2v) is 12.5. The zero-order valence-electron chi connectivity index (χ0n) is 22.6. The summed E-state index contributed by atoms with van der Waals surface area (Å²) in [6, 6.07) is 22.3. The van der Waals surface area contributed by atoms with Crippen molar-refractivity contribution in [2.24, 2.45) is 0 Å². The fourth-order valence-corrected chi connectivity index (χ4v) is 5.12. The topological polar surface area (TPSA) is 114 Å². The highest BCUT2D eigenvalue weighted by atomic mass is 35.5. The molecule has 0 N–H and O–H groups in total. The van der Waals surface area contributed by atoms with Gasteiger partial charge >= 0.3 is 20.2 Å². The summed E-state index contributed by atoms with van der Waals surface area (Å²) in [4.78, 5) is 0. The molecule has 0 saturated heterocycles. The van der Waals surface area contributed by atoms with E-state index in [2.05, 4.69) is 0 Å². The molecule has 0 radical (unpaired) electrons. The van der Waals surface area contributed by atoms with Gasteiger partial charge in [-0.25, -0.2) is 0 Å². The van der Waals surface area contributed by atoms with Gasteiger partial charge in [0.25, 0.3) is 0 Å². The molecule has 4 aromatic carbocycles. The van der Waals surface area contributed by atoms with Crippen LogP contribution in [-0.4, -0.2) is 43.6 Å². The van der Waals surface area contributed by atoms with Gasteiger partial charge in [-0.2, -0.15) is 16.8 Å². The molecule has 4 aromatic rings. The standard InChI is InChI=1S/C29H27ClO9S2/c1-35-26-17-23(20-10-13-22(30)14-11-20)28(36-2)29(39-41(4,33)34)27(26)21-12-15-24(25(16-21)38-40(3,31)32)37-18-19-8-6-5-7-9-19/h5-17H,18H2,1-4H3. The summed E-state index contributed by atoms with van der Waals surface area (Å²) in [5, 5.41) is 0.511. The van der Waals surface area contributed by atoms with Crippen LogP contribution >= 0.6 is 11.6 Å². The maximum atomic E-state index is 12.4. The van der Waals surface area contributed by atoms with Crippen LogP contribution in [0.3, 0.4) is 0 Å². The molecule has 0 aliphatic rings. The lowest BCUT2D eigenvalue weighted by molar-refractivity contribution is 0.296. The van der Waals surface area contributed by atoms with E-state index in [-0.39, 0.29) is 40.9 Å². The fraction of sp³-hybridized carbons (Fsp3) is 0.172. The number of hydrogen-bond acceptors (Lipinski definition) is 9. The van der Waals surface area contributed by atoms with Gasteiger partial charge in [0, 0.05) is 10.6 Å². The molecule has 0 saturated carbocycles. The first-order valence-electron chi connectivity index (χ1n) is 12.0. The lowest BCUT2D eigenvalue weighted by atomic mass is 9.96. The van der Waals surface area contributed by atoms with Crippen LogP contribution in [0.2, 0.25) is 5.02 Å². The second kappa shape index (κ2) is 12.3. The Morgan fingerprint density at radius 1 is 0.659 bits per heavy atom. The largest absolute Gasteiger partial charge is 0.496 e. The van der Waals surface area contributed by atoms with E-state index < -0.39 is 20.2 Å². The van der Waals surface area contributed by atoms with Crippen LogP contribution in [0.15, 0.2) is 78.9 Å². The van der Waals surface area contributed by atoms with Gasteiger partial charge in [-0.1, -0.05) is 60.1 Å². The Hall–Kier alpha value is -3.93. The van der Waals surface area contributed by atoms with Crippen LogP contribution in [0.4, 0.5) is 0 Å². The third-order valence-electron chi connectivity index (χ3n) is 5.72. The van der Waals surface area contributed by atoms with Crippen molar-refractivity contribution < 1.29 is 39.4 Å². The highest BCUT2D eigenvalue weighted by Gasteiger charge is 2.27. The minimum absolute atomic E-state index is 0.100. The lowest BCUT2D eigenvalue weighted by Crippen LogP contribution is -2.10. The van der Waals surface area contributed by atoms with E-state index in [1.165, 1.54) is 26.4 Å². The zero-order valence-corrected chi connectivity index (χ0v) is 25.0. The molecule has 0 unspecified atom stereocenters. The van der Waals surface area contributed by atoms with Crippen molar-refractivity contribution in [3.8, 4) is 51.0 Å². The molecular formula is C29H27ClO9S2. The van der Waals surface area contributed by atoms with Crippen molar-refractivity contribution in [1.82, 2.24) is 0 Å². The maximum Gasteiger partial charge on any atom is 0.306 e. The van der Waals surface area contributed by atoms with E-state index in [1.807, 2.05) is 30.3 Å². The van der Waals surface area contributed by atoms with E-state index in [9.17, 15) is 16.8 Å². The Balaban J connectivity index is 1.93. The SMILES string of the molecule is COc1cc(-c2ccc(Cl)cc2)c(OC)c(OS(C)(=O)=O)c1-c1ccc(OCc2ccccc2)c(OS(C)(=O)=O)c1. The van der Waals surface area contributed by atoms with Gasteiger partial charge in [0.05, 0.1) is 32.3 Å². The van der Waals surface area contributed by atoms with Gasteiger partial charge in [0.2, 0.25) is 0 Å². The second-order valence-electron chi connectivity index (χ2n) is 8.88. The van der Waals surface area contributed by atoms with E-state index in [4.69, 9.17) is 34.2 Å². The molecule has 0 bridgehead atoms. The molecule has 0 spiro atoms. The molecular weight excluding hydrogens is 592 g/mol. The van der Waals surface area contributed by atoms with Crippen molar-refractivity contribution >= 4 is 31.8 Å². The molecule has 12 heteroatoms. The molecule has 0 amide bonds. The first-order chi connectivity index (χ1) is 19.4. The minimum Gasteiger partial charge on any atom is -0.496 e. The summed E-state index contributed by atoms with van der Waals surface area (Å²) in [7, 11) is -5.25. The first-order valence-corrected chi connectivity index (χ1v) is 16.0. The van der Waals surface area contributed by atoms with E-state index in [0.29, 0.717) is 21.7 Å². The Morgan fingerprint density at radius 3 is 1.88 bits per heavy atom. The molecule has 0 aliphatic heterocycles. The van der Waals surface area contributed by atoms with E-state index in [1.54, 1.807) is 36.4 Å². The monoisotopic (exact) mass is 618 g/mol. The number of methoxy groups -OCH3 is 2. The molecule has 0 fully saturated rings. The Bertz CT molecular complexity index is 1750. The molecule has 0 aliphatic carbocycles. The molecule has 0 atom stereocenters. The Morgan fingerprint density at radius 2 is 1.29 bits per heavy atom. The van der Waals surface area contributed by atoms with Crippen LogP contribution in [0.1, 0.15) is 5.56 Å². The van der Waals surface area contributed by atoms with Gasteiger partial charge in [-0.15, -0.1) is 0 Å². The number of hydrogen-bond donors (Lipinski definition) is 0. The lowest BCUT2D eigenvalue weighted by Gasteiger charge is -2.21. The zero-order chi connectivity index (χ0) is 29.8. The van der Waals surface area contributed by atoms with Gasteiger partial charge in [0.15, 0.2) is 23.0 Å². The average molecular weight is 619 g/mol. The van der Waals surface area contributed by atoms with Gasteiger partial charge in [-0.05, 0) is 47.0 Å². The highest BCUT2D eigenvalue weighted by Crippen LogP contribution is 2.51.